The molecular weight excluding hydrogens is 229 g/mol. The summed E-state index contributed by atoms with van der Waals surface area (Å²) in [5.41, 5.74) is 1.66. The number of halogens is 1. The van der Waals surface area contributed by atoms with Crippen LogP contribution in [-0.4, -0.2) is 17.8 Å². The summed E-state index contributed by atoms with van der Waals surface area (Å²) in [5.74, 6) is 0.214. The highest BCUT2D eigenvalue weighted by Gasteiger charge is 2.23. The van der Waals surface area contributed by atoms with Crippen LogP contribution in [0.4, 0.5) is 4.39 Å². The number of benzene rings is 1. The number of aliphatic hydroxyl groups is 1. The normalized spacial score (nSPS) is 24.2. The van der Waals surface area contributed by atoms with Gasteiger partial charge in [0.05, 0.1) is 0 Å². The number of hydrogen-bond donors (Lipinski definition) is 2. The van der Waals surface area contributed by atoms with Crippen molar-refractivity contribution in [2.45, 2.75) is 45.2 Å². The number of hydrogen-bond acceptors (Lipinski definition) is 2. The van der Waals surface area contributed by atoms with Gasteiger partial charge in [-0.25, -0.2) is 4.39 Å². The minimum Gasteiger partial charge on any atom is -0.396 e. The van der Waals surface area contributed by atoms with Gasteiger partial charge in [-0.05, 0) is 42.9 Å². The summed E-state index contributed by atoms with van der Waals surface area (Å²) in [6, 6.07) is 5.74. The highest BCUT2D eigenvalue weighted by molar-refractivity contribution is 5.23. The fraction of sp³-hybridized carbons (Fsp3) is 0.600. The van der Waals surface area contributed by atoms with Gasteiger partial charge in [0.2, 0.25) is 0 Å². The first-order chi connectivity index (χ1) is 8.70. The van der Waals surface area contributed by atoms with Crippen LogP contribution in [0.15, 0.2) is 18.2 Å². The third kappa shape index (κ3) is 3.30. The van der Waals surface area contributed by atoms with Gasteiger partial charge in [0.15, 0.2) is 0 Å². The van der Waals surface area contributed by atoms with Gasteiger partial charge < -0.3 is 10.4 Å². The van der Waals surface area contributed by atoms with E-state index < -0.39 is 0 Å². The Bertz CT molecular complexity index is 394. The molecule has 1 aliphatic rings. The molecule has 2 atom stereocenters. The van der Waals surface area contributed by atoms with Crippen LogP contribution in [0.5, 0.6) is 0 Å². The van der Waals surface area contributed by atoms with E-state index in [2.05, 4.69) is 5.32 Å². The van der Waals surface area contributed by atoms with Crippen molar-refractivity contribution >= 4 is 0 Å². The molecule has 3 heteroatoms. The SMILES string of the molecule is Cc1ccc(CNC2CCCCC2CO)cc1F. The number of aliphatic hydroxyl groups excluding tert-OH is 1. The summed E-state index contributed by atoms with van der Waals surface area (Å²) >= 11 is 0. The maximum atomic E-state index is 13.4. The minimum absolute atomic E-state index is 0.142. The average molecular weight is 251 g/mol. The Morgan fingerprint density at radius 1 is 1.33 bits per heavy atom. The summed E-state index contributed by atoms with van der Waals surface area (Å²) in [4.78, 5) is 0. The van der Waals surface area contributed by atoms with E-state index in [4.69, 9.17) is 0 Å². The van der Waals surface area contributed by atoms with Crippen molar-refractivity contribution in [1.29, 1.82) is 0 Å². The molecule has 2 N–H and O–H groups in total. The van der Waals surface area contributed by atoms with E-state index in [1.807, 2.05) is 12.1 Å². The van der Waals surface area contributed by atoms with Gasteiger partial charge in [-0.2, -0.15) is 0 Å². The smallest absolute Gasteiger partial charge is 0.126 e. The van der Waals surface area contributed by atoms with E-state index in [0.717, 1.165) is 18.4 Å². The molecule has 2 rings (SSSR count). The zero-order valence-electron chi connectivity index (χ0n) is 11.0. The van der Waals surface area contributed by atoms with Crippen LogP contribution in [0.1, 0.15) is 36.8 Å². The summed E-state index contributed by atoms with van der Waals surface area (Å²) in [5, 5.41) is 12.8. The molecule has 1 aromatic carbocycles. The first-order valence-corrected chi connectivity index (χ1v) is 6.80. The number of rotatable bonds is 4. The molecule has 2 unspecified atom stereocenters. The second kappa shape index (κ2) is 6.30. The van der Waals surface area contributed by atoms with E-state index in [-0.39, 0.29) is 12.4 Å². The summed E-state index contributed by atoms with van der Waals surface area (Å²) in [7, 11) is 0. The highest BCUT2D eigenvalue weighted by atomic mass is 19.1. The van der Waals surface area contributed by atoms with Gasteiger partial charge in [-0.1, -0.05) is 25.0 Å². The van der Waals surface area contributed by atoms with Crippen LogP contribution in [-0.2, 0) is 6.54 Å². The fourth-order valence-corrected chi connectivity index (χ4v) is 2.69. The monoisotopic (exact) mass is 251 g/mol. The fourth-order valence-electron chi connectivity index (χ4n) is 2.69. The van der Waals surface area contributed by atoms with E-state index >= 15 is 0 Å². The van der Waals surface area contributed by atoms with Crippen molar-refractivity contribution in [3.8, 4) is 0 Å². The van der Waals surface area contributed by atoms with Crippen molar-refractivity contribution in [2.24, 2.45) is 5.92 Å². The largest absolute Gasteiger partial charge is 0.396 e. The quantitative estimate of drug-likeness (QED) is 0.862. The molecule has 0 radical (unpaired) electrons. The molecule has 0 amide bonds. The Balaban J connectivity index is 1.91. The van der Waals surface area contributed by atoms with Crippen molar-refractivity contribution in [3.63, 3.8) is 0 Å². The Morgan fingerprint density at radius 3 is 2.83 bits per heavy atom. The second-order valence-electron chi connectivity index (χ2n) is 5.30. The Morgan fingerprint density at radius 2 is 2.11 bits per heavy atom. The summed E-state index contributed by atoms with van der Waals surface area (Å²) in [6.07, 6.45) is 4.63. The Labute approximate surface area is 108 Å². The van der Waals surface area contributed by atoms with Crippen molar-refractivity contribution in [2.75, 3.05) is 6.61 Å². The topological polar surface area (TPSA) is 32.3 Å². The predicted molar refractivity (Wildman–Crippen MR) is 70.8 cm³/mol. The maximum absolute atomic E-state index is 13.4. The molecule has 0 bridgehead atoms. The Hall–Kier alpha value is -0.930. The Kier molecular flexibility index (Phi) is 4.72. The molecule has 0 aliphatic heterocycles. The van der Waals surface area contributed by atoms with Crippen molar-refractivity contribution in [3.05, 3.63) is 35.1 Å². The first kappa shape index (κ1) is 13.5. The summed E-state index contributed by atoms with van der Waals surface area (Å²) < 4.78 is 13.4. The van der Waals surface area contributed by atoms with Gasteiger partial charge in [-0.3, -0.25) is 0 Å². The van der Waals surface area contributed by atoms with E-state index in [0.29, 0.717) is 24.1 Å². The summed E-state index contributed by atoms with van der Waals surface area (Å²) in [6.45, 7) is 2.70. The molecule has 100 valence electrons. The van der Waals surface area contributed by atoms with Crippen LogP contribution in [0.2, 0.25) is 0 Å². The molecule has 0 saturated heterocycles. The van der Waals surface area contributed by atoms with E-state index in [1.54, 1.807) is 13.0 Å². The lowest BCUT2D eigenvalue weighted by molar-refractivity contribution is 0.152. The molecule has 0 aromatic heterocycles. The molecule has 2 nitrogen and oxygen atoms in total. The molecule has 18 heavy (non-hydrogen) atoms. The highest BCUT2D eigenvalue weighted by Crippen LogP contribution is 2.24. The molecule has 0 heterocycles. The lowest BCUT2D eigenvalue weighted by atomic mass is 9.85. The van der Waals surface area contributed by atoms with Gasteiger partial charge in [-0.15, -0.1) is 0 Å². The second-order valence-corrected chi connectivity index (χ2v) is 5.30. The maximum Gasteiger partial charge on any atom is 0.126 e. The van der Waals surface area contributed by atoms with Crippen LogP contribution in [0.3, 0.4) is 0 Å². The van der Waals surface area contributed by atoms with E-state index in [9.17, 15) is 9.50 Å². The zero-order chi connectivity index (χ0) is 13.0. The molecular formula is C15H22FNO. The van der Waals surface area contributed by atoms with Gasteiger partial charge >= 0.3 is 0 Å². The molecule has 1 fully saturated rings. The molecule has 1 aliphatic carbocycles. The first-order valence-electron chi connectivity index (χ1n) is 6.80. The molecule has 1 aromatic rings. The van der Waals surface area contributed by atoms with E-state index in [1.165, 1.54) is 12.8 Å². The van der Waals surface area contributed by atoms with Crippen LogP contribution in [0, 0.1) is 18.7 Å². The standard InChI is InChI=1S/C15H22FNO/c1-11-6-7-12(8-14(11)16)9-17-15-5-3-2-4-13(15)10-18/h6-8,13,15,17-18H,2-5,9-10H2,1H3. The lowest BCUT2D eigenvalue weighted by Gasteiger charge is -2.31. The van der Waals surface area contributed by atoms with Gasteiger partial charge in [0.25, 0.3) is 0 Å². The van der Waals surface area contributed by atoms with Crippen molar-refractivity contribution < 1.29 is 9.50 Å². The third-order valence-corrected chi connectivity index (χ3v) is 3.95. The van der Waals surface area contributed by atoms with Crippen molar-refractivity contribution in [1.82, 2.24) is 5.32 Å². The number of nitrogens with one attached hydrogen (secondary N) is 1. The molecule has 1 saturated carbocycles. The average Bonchev–Trinajstić information content (AvgIpc) is 2.40. The number of aryl methyl sites for hydroxylation is 1. The third-order valence-electron chi connectivity index (χ3n) is 3.95. The van der Waals surface area contributed by atoms with Crippen LogP contribution < -0.4 is 5.32 Å². The van der Waals surface area contributed by atoms with Gasteiger partial charge in [0, 0.05) is 19.2 Å². The van der Waals surface area contributed by atoms with Gasteiger partial charge in [0.1, 0.15) is 5.82 Å². The van der Waals surface area contributed by atoms with Crippen LogP contribution >= 0.6 is 0 Å². The predicted octanol–water partition coefficient (Wildman–Crippen LogP) is 2.77. The molecule has 0 spiro atoms. The van der Waals surface area contributed by atoms with Crippen LogP contribution in [0.25, 0.3) is 0 Å². The lowest BCUT2D eigenvalue weighted by Crippen LogP contribution is -2.39. The zero-order valence-corrected chi connectivity index (χ0v) is 11.0. The minimum atomic E-state index is -0.142.